The molecule has 0 aromatic heterocycles. The van der Waals surface area contributed by atoms with Crippen molar-refractivity contribution in [3.05, 3.63) is 0 Å². The predicted octanol–water partition coefficient (Wildman–Crippen LogP) is -0.287. The Balaban J connectivity index is 2.74. The van der Waals surface area contributed by atoms with Crippen molar-refractivity contribution in [3.8, 4) is 0 Å². The molecular formula is C18H32N4O5S3. The Morgan fingerprint density at radius 3 is 2.07 bits per heavy atom. The Bertz CT molecular complexity index is 590. The van der Waals surface area contributed by atoms with Gasteiger partial charge in [0.05, 0.1) is 6.04 Å². The van der Waals surface area contributed by atoms with Crippen LogP contribution in [0, 0.1) is 0 Å². The zero-order chi connectivity index (χ0) is 22.5. The van der Waals surface area contributed by atoms with E-state index in [1.807, 2.05) is 12.5 Å². The maximum Gasteiger partial charge on any atom is 0.326 e. The maximum absolute atomic E-state index is 12.7. The second kappa shape index (κ2) is 14.8. The van der Waals surface area contributed by atoms with Crippen LogP contribution in [0.1, 0.15) is 25.7 Å². The highest BCUT2D eigenvalue weighted by molar-refractivity contribution is 7.98. The first-order valence-corrected chi connectivity index (χ1v) is 13.2. The Labute approximate surface area is 191 Å². The standard InChI is InChI=1S/C18H32N4O5S3/c1-29-8-5-12(16(24)21-13(18(26)27)6-9-30-2)20-17(25)14(10-28)22-15(23)11-4-3-7-19-11/h11-14,19,28H,3-10H2,1-2H3,(H,20,25)(H,21,24)(H,22,23)(H,26,27). The van der Waals surface area contributed by atoms with Crippen LogP contribution in [0.5, 0.6) is 0 Å². The highest BCUT2D eigenvalue weighted by Gasteiger charge is 2.30. The Kier molecular flexibility index (Phi) is 13.3. The van der Waals surface area contributed by atoms with Gasteiger partial charge in [-0.1, -0.05) is 0 Å². The summed E-state index contributed by atoms with van der Waals surface area (Å²) >= 11 is 7.16. The van der Waals surface area contributed by atoms with E-state index < -0.39 is 35.9 Å². The number of hydrogen-bond acceptors (Lipinski definition) is 8. The van der Waals surface area contributed by atoms with Crippen LogP contribution in [-0.4, -0.2) is 89.3 Å². The molecule has 1 saturated heterocycles. The van der Waals surface area contributed by atoms with Crippen LogP contribution in [-0.2, 0) is 19.2 Å². The van der Waals surface area contributed by atoms with Crippen LogP contribution in [0.2, 0.25) is 0 Å². The van der Waals surface area contributed by atoms with Gasteiger partial charge in [0.25, 0.3) is 0 Å². The molecule has 0 bridgehead atoms. The van der Waals surface area contributed by atoms with Crippen molar-refractivity contribution in [1.29, 1.82) is 0 Å². The van der Waals surface area contributed by atoms with E-state index in [4.69, 9.17) is 0 Å². The van der Waals surface area contributed by atoms with Gasteiger partial charge in [-0.3, -0.25) is 14.4 Å². The van der Waals surface area contributed by atoms with Gasteiger partial charge in [0.15, 0.2) is 0 Å². The number of thiol groups is 1. The van der Waals surface area contributed by atoms with E-state index in [1.165, 1.54) is 23.5 Å². The summed E-state index contributed by atoms with van der Waals surface area (Å²) in [7, 11) is 0. The first-order valence-electron chi connectivity index (χ1n) is 9.80. The highest BCUT2D eigenvalue weighted by Crippen LogP contribution is 2.07. The number of thioether (sulfide) groups is 2. The van der Waals surface area contributed by atoms with Crippen LogP contribution >= 0.6 is 36.2 Å². The minimum atomic E-state index is -1.11. The fourth-order valence-corrected chi connectivity index (χ4v) is 4.12. The number of amides is 3. The molecule has 3 amide bonds. The van der Waals surface area contributed by atoms with E-state index in [0.29, 0.717) is 24.3 Å². The van der Waals surface area contributed by atoms with Crippen molar-refractivity contribution in [2.45, 2.75) is 49.9 Å². The quantitative estimate of drug-likeness (QED) is 0.187. The van der Waals surface area contributed by atoms with Gasteiger partial charge in [-0.25, -0.2) is 4.79 Å². The van der Waals surface area contributed by atoms with Gasteiger partial charge in [0.2, 0.25) is 17.7 Å². The first-order chi connectivity index (χ1) is 14.3. The lowest BCUT2D eigenvalue weighted by Gasteiger charge is -2.24. The summed E-state index contributed by atoms with van der Waals surface area (Å²) in [5, 5.41) is 20.2. The number of rotatable bonds is 14. The van der Waals surface area contributed by atoms with Crippen molar-refractivity contribution < 1.29 is 24.3 Å². The third kappa shape index (κ3) is 9.36. The van der Waals surface area contributed by atoms with Crippen molar-refractivity contribution in [2.24, 2.45) is 0 Å². The van der Waals surface area contributed by atoms with E-state index in [9.17, 15) is 24.3 Å². The smallest absolute Gasteiger partial charge is 0.326 e. The fourth-order valence-electron chi connectivity index (χ4n) is 2.92. The van der Waals surface area contributed by atoms with E-state index in [2.05, 4.69) is 33.9 Å². The summed E-state index contributed by atoms with van der Waals surface area (Å²) in [6.07, 6.45) is 5.96. The molecule has 172 valence electrons. The molecule has 4 atom stereocenters. The Hall–Kier alpha value is -1.11. The van der Waals surface area contributed by atoms with Gasteiger partial charge < -0.3 is 26.4 Å². The van der Waals surface area contributed by atoms with Crippen molar-refractivity contribution in [1.82, 2.24) is 21.3 Å². The molecule has 5 N–H and O–H groups in total. The van der Waals surface area contributed by atoms with Gasteiger partial charge in [0, 0.05) is 5.75 Å². The van der Waals surface area contributed by atoms with Crippen LogP contribution in [0.3, 0.4) is 0 Å². The lowest BCUT2D eigenvalue weighted by Crippen LogP contribution is -2.57. The number of carbonyl (C=O) groups excluding carboxylic acids is 3. The van der Waals surface area contributed by atoms with Crippen molar-refractivity contribution >= 4 is 59.8 Å². The average Bonchev–Trinajstić information content (AvgIpc) is 3.26. The molecule has 0 spiro atoms. The number of aliphatic carboxylic acids is 1. The second-order valence-corrected chi connectivity index (χ2v) is 9.25. The third-order valence-corrected chi connectivity index (χ3v) is 6.31. The summed E-state index contributed by atoms with van der Waals surface area (Å²) in [5.41, 5.74) is 0. The molecule has 0 radical (unpaired) electrons. The topological polar surface area (TPSA) is 137 Å². The molecule has 1 aliphatic rings. The van der Waals surface area contributed by atoms with Crippen LogP contribution in [0.25, 0.3) is 0 Å². The number of carboxylic acids is 1. The SMILES string of the molecule is CSCCC(NC(=O)C(CCSC)NC(=O)C(CS)NC(=O)C1CCCN1)C(=O)O. The van der Waals surface area contributed by atoms with Gasteiger partial charge >= 0.3 is 5.97 Å². The Morgan fingerprint density at radius 2 is 1.57 bits per heavy atom. The van der Waals surface area contributed by atoms with Crippen LogP contribution < -0.4 is 21.3 Å². The summed E-state index contributed by atoms with van der Waals surface area (Å²) in [6, 6.07) is -3.14. The minimum Gasteiger partial charge on any atom is -0.480 e. The van der Waals surface area contributed by atoms with E-state index >= 15 is 0 Å². The van der Waals surface area contributed by atoms with Gasteiger partial charge in [0.1, 0.15) is 18.1 Å². The number of carbonyl (C=O) groups is 4. The zero-order valence-corrected chi connectivity index (χ0v) is 19.8. The van der Waals surface area contributed by atoms with E-state index in [-0.39, 0.29) is 24.1 Å². The predicted molar refractivity (Wildman–Crippen MR) is 124 cm³/mol. The summed E-state index contributed by atoms with van der Waals surface area (Å²) in [6.45, 7) is 0.758. The molecule has 0 aliphatic carbocycles. The summed E-state index contributed by atoms with van der Waals surface area (Å²) in [5.74, 6) is -1.19. The number of carboxylic acid groups (broad SMARTS) is 1. The summed E-state index contributed by atoms with van der Waals surface area (Å²) in [4.78, 5) is 49.1. The molecular weight excluding hydrogens is 448 g/mol. The van der Waals surface area contributed by atoms with E-state index in [1.54, 1.807) is 0 Å². The fraction of sp³-hybridized carbons (Fsp3) is 0.778. The molecule has 1 heterocycles. The molecule has 30 heavy (non-hydrogen) atoms. The van der Waals surface area contributed by atoms with E-state index in [0.717, 1.165) is 13.0 Å². The molecule has 1 rings (SSSR count). The van der Waals surface area contributed by atoms with Crippen molar-refractivity contribution in [3.63, 3.8) is 0 Å². The summed E-state index contributed by atoms with van der Waals surface area (Å²) < 4.78 is 0. The highest BCUT2D eigenvalue weighted by atomic mass is 32.2. The zero-order valence-electron chi connectivity index (χ0n) is 17.3. The molecule has 1 fully saturated rings. The first kappa shape index (κ1) is 26.9. The Morgan fingerprint density at radius 1 is 1.00 bits per heavy atom. The van der Waals surface area contributed by atoms with Crippen LogP contribution in [0.15, 0.2) is 0 Å². The molecule has 4 unspecified atom stereocenters. The molecule has 12 heteroatoms. The van der Waals surface area contributed by atoms with Crippen LogP contribution in [0.4, 0.5) is 0 Å². The molecule has 0 saturated carbocycles. The monoisotopic (exact) mass is 480 g/mol. The largest absolute Gasteiger partial charge is 0.480 e. The minimum absolute atomic E-state index is 0.0760. The second-order valence-electron chi connectivity index (χ2n) is 6.92. The average molecular weight is 481 g/mol. The van der Waals surface area contributed by atoms with Gasteiger partial charge in [-0.15, -0.1) is 0 Å². The third-order valence-electron chi connectivity index (χ3n) is 4.66. The molecule has 9 nitrogen and oxygen atoms in total. The molecule has 1 aliphatic heterocycles. The van der Waals surface area contributed by atoms with Gasteiger partial charge in [-0.2, -0.15) is 36.2 Å². The lowest BCUT2D eigenvalue weighted by atomic mass is 10.1. The number of hydrogen-bond donors (Lipinski definition) is 6. The molecule has 0 aromatic carbocycles. The van der Waals surface area contributed by atoms with Gasteiger partial charge in [-0.05, 0) is 56.2 Å². The molecule has 0 aromatic rings. The lowest BCUT2D eigenvalue weighted by molar-refractivity contribution is -0.142. The normalized spacial score (nSPS) is 18.8. The maximum atomic E-state index is 12.7. The van der Waals surface area contributed by atoms with Crippen molar-refractivity contribution in [2.75, 3.05) is 36.3 Å². The number of nitrogens with one attached hydrogen (secondary N) is 4.